The van der Waals surface area contributed by atoms with Gasteiger partial charge in [-0.25, -0.2) is 0 Å². The molecule has 0 unspecified atom stereocenters. The monoisotopic (exact) mass is 316 g/mol. The molecule has 22 heavy (non-hydrogen) atoms. The number of benzene rings is 2. The molecule has 2 aromatic carbocycles. The highest BCUT2D eigenvalue weighted by Gasteiger charge is 2.10. The van der Waals surface area contributed by atoms with E-state index in [1.165, 1.54) is 0 Å². The van der Waals surface area contributed by atoms with Crippen molar-refractivity contribution in [2.75, 3.05) is 10.6 Å². The number of anilines is 2. The van der Waals surface area contributed by atoms with Gasteiger partial charge in [-0.15, -0.1) is 0 Å². The van der Waals surface area contributed by atoms with Crippen LogP contribution in [0.3, 0.4) is 0 Å². The molecule has 2 amide bonds. The van der Waals surface area contributed by atoms with Crippen molar-refractivity contribution in [1.82, 2.24) is 0 Å². The Morgan fingerprint density at radius 3 is 2.18 bits per heavy atom. The minimum atomic E-state index is -0.255. The van der Waals surface area contributed by atoms with Crippen molar-refractivity contribution < 1.29 is 9.59 Å². The Balaban J connectivity index is 2.05. The number of hydrogen-bond acceptors (Lipinski definition) is 2. The first kappa shape index (κ1) is 16.0. The molecule has 0 atom stereocenters. The first-order valence-electron chi connectivity index (χ1n) is 6.94. The summed E-state index contributed by atoms with van der Waals surface area (Å²) in [5.41, 5.74) is 1.71. The number of halogens is 1. The summed E-state index contributed by atoms with van der Waals surface area (Å²) in [5, 5.41) is 6.00. The van der Waals surface area contributed by atoms with Crippen molar-refractivity contribution in [2.24, 2.45) is 5.92 Å². The maximum absolute atomic E-state index is 12.2. The number of para-hydroxylation sites is 1. The summed E-state index contributed by atoms with van der Waals surface area (Å²) in [6.07, 6.45) is 0. The van der Waals surface area contributed by atoms with Crippen LogP contribution < -0.4 is 10.6 Å². The lowest BCUT2D eigenvalue weighted by Gasteiger charge is -2.09. The zero-order valence-corrected chi connectivity index (χ0v) is 13.1. The first-order chi connectivity index (χ1) is 10.5. The van der Waals surface area contributed by atoms with Crippen LogP contribution in [0.5, 0.6) is 0 Å². The van der Waals surface area contributed by atoms with Gasteiger partial charge in [0.2, 0.25) is 5.91 Å². The molecule has 0 saturated carbocycles. The van der Waals surface area contributed by atoms with E-state index in [0.717, 1.165) is 0 Å². The average Bonchev–Trinajstić information content (AvgIpc) is 2.50. The molecule has 0 aliphatic carbocycles. The maximum Gasteiger partial charge on any atom is 0.255 e. The second-order valence-electron chi connectivity index (χ2n) is 5.16. The third-order valence-electron chi connectivity index (χ3n) is 3.06. The number of nitrogens with one attached hydrogen (secondary N) is 2. The minimum Gasteiger partial charge on any atom is -0.326 e. The molecule has 0 saturated heterocycles. The molecule has 4 nitrogen and oxygen atoms in total. The molecular weight excluding hydrogens is 300 g/mol. The Labute approximate surface area is 134 Å². The van der Waals surface area contributed by atoms with E-state index in [-0.39, 0.29) is 17.7 Å². The molecular formula is C17H17ClN2O2. The van der Waals surface area contributed by atoms with E-state index in [1.807, 2.05) is 13.8 Å². The van der Waals surface area contributed by atoms with E-state index in [0.29, 0.717) is 22.0 Å². The number of amides is 2. The molecule has 0 radical (unpaired) electrons. The van der Waals surface area contributed by atoms with Gasteiger partial charge in [0, 0.05) is 17.2 Å². The highest BCUT2D eigenvalue weighted by atomic mass is 35.5. The molecule has 2 rings (SSSR count). The Kier molecular flexibility index (Phi) is 5.17. The molecule has 2 N–H and O–H groups in total. The zero-order valence-electron chi connectivity index (χ0n) is 12.4. The molecule has 0 heterocycles. The highest BCUT2D eigenvalue weighted by molar-refractivity contribution is 6.33. The van der Waals surface area contributed by atoms with E-state index in [4.69, 9.17) is 11.6 Å². The van der Waals surface area contributed by atoms with Gasteiger partial charge < -0.3 is 10.6 Å². The van der Waals surface area contributed by atoms with Crippen LogP contribution in [0.25, 0.3) is 0 Å². The normalized spacial score (nSPS) is 10.4. The quantitative estimate of drug-likeness (QED) is 0.888. The molecule has 0 aliphatic rings. The van der Waals surface area contributed by atoms with Crippen molar-refractivity contribution in [3.05, 3.63) is 59.1 Å². The Hall–Kier alpha value is -2.33. The third kappa shape index (κ3) is 4.09. The van der Waals surface area contributed by atoms with Gasteiger partial charge in [0.15, 0.2) is 0 Å². The lowest BCUT2D eigenvalue weighted by Crippen LogP contribution is -2.18. The van der Waals surface area contributed by atoms with Gasteiger partial charge >= 0.3 is 0 Å². The standard InChI is InChI=1S/C17H17ClN2O2/c1-11(2)16(21)19-13-9-7-12(8-10-13)17(22)20-15-6-4-3-5-14(15)18/h3-11H,1-2H3,(H,19,21)(H,20,22). The van der Waals surface area contributed by atoms with Crippen LogP contribution in [0.2, 0.25) is 5.02 Å². The van der Waals surface area contributed by atoms with E-state index in [1.54, 1.807) is 48.5 Å². The number of rotatable bonds is 4. The lowest BCUT2D eigenvalue weighted by atomic mass is 10.1. The summed E-state index contributed by atoms with van der Waals surface area (Å²) >= 11 is 6.01. The summed E-state index contributed by atoms with van der Waals surface area (Å²) in [5.74, 6) is -0.411. The minimum absolute atomic E-state index is 0.0618. The SMILES string of the molecule is CC(C)C(=O)Nc1ccc(C(=O)Nc2ccccc2Cl)cc1. The highest BCUT2D eigenvalue weighted by Crippen LogP contribution is 2.21. The van der Waals surface area contributed by atoms with E-state index in [9.17, 15) is 9.59 Å². The largest absolute Gasteiger partial charge is 0.326 e. The van der Waals surface area contributed by atoms with Crippen LogP contribution in [0, 0.1) is 5.92 Å². The summed E-state index contributed by atoms with van der Waals surface area (Å²) in [4.78, 5) is 23.8. The zero-order chi connectivity index (χ0) is 16.1. The second-order valence-corrected chi connectivity index (χ2v) is 5.56. The van der Waals surface area contributed by atoms with Crippen LogP contribution in [-0.4, -0.2) is 11.8 Å². The predicted octanol–water partition coefficient (Wildman–Crippen LogP) is 4.19. The first-order valence-corrected chi connectivity index (χ1v) is 7.32. The molecule has 5 heteroatoms. The second kappa shape index (κ2) is 7.09. The Morgan fingerprint density at radius 2 is 1.59 bits per heavy atom. The van der Waals surface area contributed by atoms with Gasteiger partial charge in [-0.2, -0.15) is 0 Å². The van der Waals surface area contributed by atoms with Gasteiger partial charge in [0.1, 0.15) is 0 Å². The van der Waals surface area contributed by atoms with Crippen molar-refractivity contribution in [3.8, 4) is 0 Å². The van der Waals surface area contributed by atoms with Crippen LogP contribution in [0.15, 0.2) is 48.5 Å². The summed E-state index contributed by atoms with van der Waals surface area (Å²) < 4.78 is 0. The van der Waals surface area contributed by atoms with Gasteiger partial charge in [-0.1, -0.05) is 37.6 Å². The van der Waals surface area contributed by atoms with Crippen molar-refractivity contribution in [2.45, 2.75) is 13.8 Å². The summed E-state index contributed by atoms with van der Waals surface area (Å²) in [6.45, 7) is 3.64. The fraction of sp³-hybridized carbons (Fsp3) is 0.176. The number of hydrogen-bond donors (Lipinski definition) is 2. The predicted molar refractivity (Wildman–Crippen MR) is 89.3 cm³/mol. The number of carbonyl (C=O) groups excluding carboxylic acids is 2. The van der Waals surface area contributed by atoms with Crippen molar-refractivity contribution in [1.29, 1.82) is 0 Å². The third-order valence-corrected chi connectivity index (χ3v) is 3.39. The summed E-state index contributed by atoms with van der Waals surface area (Å²) in [7, 11) is 0. The fourth-order valence-electron chi connectivity index (χ4n) is 1.75. The Morgan fingerprint density at radius 1 is 0.955 bits per heavy atom. The molecule has 0 spiro atoms. The molecule has 0 fully saturated rings. The van der Waals surface area contributed by atoms with E-state index >= 15 is 0 Å². The lowest BCUT2D eigenvalue weighted by molar-refractivity contribution is -0.118. The van der Waals surface area contributed by atoms with Gasteiger partial charge in [0.05, 0.1) is 10.7 Å². The van der Waals surface area contributed by atoms with Crippen molar-refractivity contribution in [3.63, 3.8) is 0 Å². The van der Waals surface area contributed by atoms with E-state index in [2.05, 4.69) is 10.6 Å². The molecule has 114 valence electrons. The number of carbonyl (C=O) groups is 2. The molecule has 2 aromatic rings. The van der Waals surface area contributed by atoms with Gasteiger partial charge in [-0.3, -0.25) is 9.59 Å². The molecule has 0 aromatic heterocycles. The molecule has 0 aliphatic heterocycles. The van der Waals surface area contributed by atoms with Crippen molar-refractivity contribution >= 4 is 34.8 Å². The topological polar surface area (TPSA) is 58.2 Å². The van der Waals surface area contributed by atoms with Crippen LogP contribution in [0.4, 0.5) is 11.4 Å². The van der Waals surface area contributed by atoms with Crippen LogP contribution >= 0.6 is 11.6 Å². The maximum atomic E-state index is 12.2. The molecule has 0 bridgehead atoms. The Bertz CT molecular complexity index is 681. The smallest absolute Gasteiger partial charge is 0.255 e. The van der Waals surface area contributed by atoms with Gasteiger partial charge in [0.25, 0.3) is 5.91 Å². The van der Waals surface area contributed by atoms with Crippen LogP contribution in [-0.2, 0) is 4.79 Å². The van der Waals surface area contributed by atoms with Crippen LogP contribution in [0.1, 0.15) is 24.2 Å². The fourth-order valence-corrected chi connectivity index (χ4v) is 1.93. The summed E-state index contributed by atoms with van der Waals surface area (Å²) in [6, 6.07) is 13.7. The average molecular weight is 317 g/mol. The van der Waals surface area contributed by atoms with E-state index < -0.39 is 0 Å². The van der Waals surface area contributed by atoms with Gasteiger partial charge in [-0.05, 0) is 36.4 Å².